The number of rotatable bonds is 3. The van der Waals surface area contributed by atoms with E-state index in [0.717, 1.165) is 21.6 Å². The second-order valence-corrected chi connectivity index (χ2v) is 10.1. The zero-order valence-corrected chi connectivity index (χ0v) is 21.6. The summed E-state index contributed by atoms with van der Waals surface area (Å²) in [5.41, 5.74) is -4.06. The van der Waals surface area contributed by atoms with Crippen molar-refractivity contribution in [2.45, 2.75) is 32.4 Å². The van der Waals surface area contributed by atoms with Crippen molar-refractivity contribution < 1.29 is 35.5 Å². The fourth-order valence-corrected chi connectivity index (χ4v) is 5.13. The van der Waals surface area contributed by atoms with Crippen molar-refractivity contribution >= 4 is 16.8 Å². The minimum Gasteiger partial charge on any atom is -0.333 e. The van der Waals surface area contributed by atoms with Gasteiger partial charge in [0, 0.05) is 30.6 Å². The van der Waals surface area contributed by atoms with Gasteiger partial charge < -0.3 is 9.47 Å². The molecule has 13 heteroatoms. The number of hydrogen-bond donors (Lipinski definition) is 0. The van der Waals surface area contributed by atoms with Gasteiger partial charge in [0.05, 0.1) is 11.1 Å². The highest BCUT2D eigenvalue weighted by atomic mass is 19.4. The van der Waals surface area contributed by atoms with Crippen LogP contribution in [0.2, 0.25) is 0 Å². The molecule has 0 spiro atoms. The lowest BCUT2D eigenvalue weighted by Crippen LogP contribution is -2.34. The van der Waals surface area contributed by atoms with E-state index >= 15 is 0 Å². The van der Waals surface area contributed by atoms with Crippen molar-refractivity contribution in [3.63, 3.8) is 0 Å². The Morgan fingerprint density at radius 3 is 2.12 bits per heavy atom. The lowest BCUT2D eigenvalue weighted by molar-refractivity contribution is -0.143. The van der Waals surface area contributed by atoms with Gasteiger partial charge in [-0.15, -0.1) is 0 Å². The normalized spacial score (nSPS) is 15.8. The Balaban J connectivity index is 1.73. The quantitative estimate of drug-likeness (QED) is 0.260. The zero-order chi connectivity index (χ0) is 30.6. The first kappa shape index (κ1) is 28.8. The molecule has 1 atom stereocenters. The number of pyridine rings is 2. The Morgan fingerprint density at radius 2 is 1.55 bits per heavy atom. The minimum atomic E-state index is -5.07. The number of amides is 1. The molecule has 0 saturated carbocycles. The van der Waals surface area contributed by atoms with Gasteiger partial charge in [-0.1, -0.05) is 19.1 Å². The van der Waals surface area contributed by atoms with Gasteiger partial charge in [-0.05, 0) is 59.5 Å². The van der Waals surface area contributed by atoms with E-state index in [1.165, 1.54) is 24.3 Å². The van der Waals surface area contributed by atoms with Crippen LogP contribution < -0.4 is 5.56 Å². The third-order valence-electron chi connectivity index (χ3n) is 6.90. The maximum atomic E-state index is 14.1. The van der Waals surface area contributed by atoms with Gasteiger partial charge in [-0.3, -0.25) is 9.59 Å². The van der Waals surface area contributed by atoms with E-state index in [-0.39, 0.29) is 47.0 Å². The van der Waals surface area contributed by atoms with Crippen molar-refractivity contribution in [2.75, 3.05) is 6.54 Å². The van der Waals surface area contributed by atoms with Crippen molar-refractivity contribution in [3.8, 4) is 17.2 Å². The van der Waals surface area contributed by atoms with Crippen LogP contribution in [0.5, 0.6) is 0 Å². The Bertz CT molecular complexity index is 1790. The first-order valence-electron chi connectivity index (χ1n) is 12.5. The van der Waals surface area contributed by atoms with E-state index in [1.807, 2.05) is 6.07 Å². The number of fused-ring (bicyclic) bond motifs is 2. The Kier molecular flexibility index (Phi) is 7.04. The van der Waals surface area contributed by atoms with Crippen molar-refractivity contribution in [3.05, 3.63) is 98.8 Å². The number of benzene rings is 2. The van der Waals surface area contributed by atoms with Gasteiger partial charge in [0.1, 0.15) is 28.8 Å². The zero-order valence-electron chi connectivity index (χ0n) is 21.6. The smallest absolute Gasteiger partial charge is 0.333 e. The number of carbonyl (C=O) groups excluding carboxylic acids is 1. The minimum absolute atomic E-state index is 0.00645. The summed E-state index contributed by atoms with van der Waals surface area (Å²) in [6, 6.07) is 10.7. The van der Waals surface area contributed by atoms with E-state index in [1.54, 1.807) is 6.92 Å². The molecular formula is C29H19F7N4O2. The molecule has 0 bridgehead atoms. The molecule has 1 aliphatic heterocycles. The first-order valence-corrected chi connectivity index (χ1v) is 12.5. The van der Waals surface area contributed by atoms with Crippen LogP contribution in [0, 0.1) is 23.1 Å². The molecule has 0 unspecified atom stereocenters. The lowest BCUT2D eigenvalue weighted by atomic mass is 9.97. The number of nitrogens with zero attached hydrogens (tertiary/aromatic N) is 4. The molecule has 0 aliphatic carbocycles. The van der Waals surface area contributed by atoms with Gasteiger partial charge in [-0.2, -0.15) is 31.6 Å². The average Bonchev–Trinajstić information content (AvgIpc) is 3.04. The fourth-order valence-electron chi connectivity index (χ4n) is 5.13. The van der Waals surface area contributed by atoms with E-state index in [0.29, 0.717) is 17.7 Å². The van der Waals surface area contributed by atoms with Gasteiger partial charge >= 0.3 is 12.4 Å². The van der Waals surface area contributed by atoms with E-state index in [2.05, 4.69) is 4.98 Å². The summed E-state index contributed by atoms with van der Waals surface area (Å²) in [4.78, 5) is 32.9. The molecule has 0 N–H and O–H groups in total. The molecular weight excluding hydrogens is 569 g/mol. The summed E-state index contributed by atoms with van der Waals surface area (Å²) in [5, 5.41) is 9.49. The predicted molar refractivity (Wildman–Crippen MR) is 136 cm³/mol. The van der Waals surface area contributed by atoms with Crippen LogP contribution in [-0.4, -0.2) is 26.9 Å². The molecule has 0 fully saturated rings. The Labute approximate surface area is 233 Å². The van der Waals surface area contributed by atoms with Crippen molar-refractivity contribution in [1.82, 2.24) is 14.5 Å². The molecule has 2 aromatic carbocycles. The fraction of sp³-hybridized carbons (Fsp3) is 0.241. The van der Waals surface area contributed by atoms with Crippen LogP contribution in [0.3, 0.4) is 0 Å². The topological polar surface area (TPSA) is 79.0 Å². The van der Waals surface area contributed by atoms with Crippen molar-refractivity contribution in [1.29, 1.82) is 5.26 Å². The van der Waals surface area contributed by atoms with Crippen LogP contribution in [-0.2, 0) is 25.4 Å². The number of halogens is 7. The molecule has 216 valence electrons. The molecule has 6 nitrogen and oxygen atoms in total. The second kappa shape index (κ2) is 10.3. The van der Waals surface area contributed by atoms with Crippen LogP contribution in [0.4, 0.5) is 30.7 Å². The first-order chi connectivity index (χ1) is 19.7. The van der Waals surface area contributed by atoms with Gasteiger partial charge in [0.15, 0.2) is 0 Å². The summed E-state index contributed by atoms with van der Waals surface area (Å²) in [7, 11) is 0. The summed E-state index contributed by atoms with van der Waals surface area (Å²) in [6.07, 6.45) is -10.1. The molecule has 1 amide bonds. The monoisotopic (exact) mass is 588 g/mol. The van der Waals surface area contributed by atoms with Crippen LogP contribution in [0.15, 0.2) is 59.4 Å². The molecule has 5 rings (SSSR count). The Hall–Kier alpha value is -4.73. The molecule has 3 heterocycles. The second-order valence-electron chi connectivity index (χ2n) is 10.1. The summed E-state index contributed by atoms with van der Waals surface area (Å²) in [5.74, 6) is -1.88. The predicted octanol–water partition coefficient (Wildman–Crippen LogP) is 6.40. The summed E-state index contributed by atoms with van der Waals surface area (Å²) < 4.78 is 95.9. The number of alkyl halides is 6. The van der Waals surface area contributed by atoms with Crippen molar-refractivity contribution in [2.24, 2.45) is 5.92 Å². The number of hydrogen-bond acceptors (Lipinski definition) is 4. The average molecular weight is 588 g/mol. The van der Waals surface area contributed by atoms with Gasteiger partial charge in [0.2, 0.25) is 0 Å². The number of nitriles is 1. The number of carbonyl (C=O) groups is 1. The molecule has 0 radical (unpaired) electrons. The van der Waals surface area contributed by atoms with E-state index in [9.17, 15) is 45.6 Å². The molecule has 2 aromatic heterocycles. The standard InChI is InChI=1S/C29H19F7N4O2/c1-15-12-39(14-16-8-18(28(31,32)33)10-19(9-16)29(34,35)36)27(42)25-23(17-2-4-20(30)5-3-17)22-7-6-21(11-37)38-24(22)26(41)40(25)13-15/h2-10,15H,12-14H2,1H3/t15-/m0/s1. The van der Waals surface area contributed by atoms with Gasteiger partial charge in [0.25, 0.3) is 11.5 Å². The molecule has 0 saturated heterocycles. The highest BCUT2D eigenvalue weighted by Gasteiger charge is 2.38. The molecule has 1 aliphatic rings. The SMILES string of the molecule is C[C@H]1CN(Cc2cc(C(F)(F)F)cc(C(F)(F)F)c2)C(=O)c2c(-c3ccc(F)cc3)c3ccc(C#N)nc3c(=O)n2C1. The van der Waals surface area contributed by atoms with Crippen LogP contribution >= 0.6 is 0 Å². The Morgan fingerprint density at radius 1 is 0.929 bits per heavy atom. The van der Waals surface area contributed by atoms with Gasteiger partial charge in [-0.25, -0.2) is 9.37 Å². The largest absolute Gasteiger partial charge is 0.416 e. The summed E-state index contributed by atoms with van der Waals surface area (Å²) in [6.45, 7) is 0.899. The van der Waals surface area contributed by atoms with Crippen LogP contribution in [0.25, 0.3) is 22.0 Å². The highest BCUT2D eigenvalue weighted by Crippen LogP contribution is 2.38. The maximum Gasteiger partial charge on any atom is 0.416 e. The highest BCUT2D eigenvalue weighted by molar-refractivity contribution is 6.07. The molecule has 4 aromatic rings. The maximum absolute atomic E-state index is 14.1. The summed E-state index contributed by atoms with van der Waals surface area (Å²) >= 11 is 0. The third kappa shape index (κ3) is 5.32. The lowest BCUT2D eigenvalue weighted by Gasteiger charge is -2.25. The third-order valence-corrected chi connectivity index (χ3v) is 6.90. The van der Waals surface area contributed by atoms with E-state index < -0.39 is 58.8 Å². The van der Waals surface area contributed by atoms with Crippen LogP contribution in [0.1, 0.15) is 39.8 Å². The molecule has 42 heavy (non-hydrogen) atoms. The number of aromatic nitrogens is 2. The van der Waals surface area contributed by atoms with E-state index in [4.69, 9.17) is 0 Å².